The van der Waals surface area contributed by atoms with Crippen molar-refractivity contribution in [2.24, 2.45) is 5.41 Å². The predicted octanol–water partition coefficient (Wildman–Crippen LogP) is 1.96. The average Bonchev–Trinajstić information content (AvgIpc) is 3.06. The van der Waals surface area contributed by atoms with Crippen LogP contribution in [0.15, 0.2) is 24.3 Å². The number of ether oxygens (including phenoxy) is 1. The summed E-state index contributed by atoms with van der Waals surface area (Å²) in [7, 11) is 1.61. The number of nitrogens with zero attached hydrogens (tertiary/aromatic N) is 1. The van der Waals surface area contributed by atoms with E-state index in [2.05, 4.69) is 5.32 Å². The highest BCUT2D eigenvalue weighted by atomic mass is 16.5. The molecule has 1 N–H and O–H groups in total. The summed E-state index contributed by atoms with van der Waals surface area (Å²) in [6.45, 7) is 5.30. The van der Waals surface area contributed by atoms with Crippen LogP contribution in [-0.2, 0) is 16.1 Å². The SMILES string of the molecule is COc1ccc(CNC(=O)C(C)(C)C(=O)N2CCCC2)cc1. The van der Waals surface area contributed by atoms with Gasteiger partial charge in [-0.1, -0.05) is 12.1 Å². The summed E-state index contributed by atoms with van der Waals surface area (Å²) in [5, 5.41) is 2.85. The van der Waals surface area contributed by atoms with E-state index in [1.165, 1.54) is 0 Å². The average molecular weight is 304 g/mol. The highest BCUT2D eigenvalue weighted by Gasteiger charge is 2.39. The highest BCUT2D eigenvalue weighted by molar-refractivity contribution is 6.04. The molecular weight excluding hydrogens is 280 g/mol. The quantitative estimate of drug-likeness (QED) is 0.846. The van der Waals surface area contributed by atoms with E-state index in [1.807, 2.05) is 24.3 Å². The molecule has 2 amide bonds. The maximum atomic E-state index is 12.5. The van der Waals surface area contributed by atoms with Crippen molar-refractivity contribution in [3.05, 3.63) is 29.8 Å². The maximum absolute atomic E-state index is 12.5. The van der Waals surface area contributed by atoms with E-state index in [0.717, 1.165) is 37.2 Å². The van der Waals surface area contributed by atoms with Crippen LogP contribution in [0.2, 0.25) is 0 Å². The van der Waals surface area contributed by atoms with Crippen molar-refractivity contribution in [3.8, 4) is 5.75 Å². The van der Waals surface area contributed by atoms with Gasteiger partial charge in [-0.25, -0.2) is 0 Å². The minimum atomic E-state index is -1.03. The molecule has 0 bridgehead atoms. The van der Waals surface area contributed by atoms with Crippen LogP contribution in [0, 0.1) is 5.41 Å². The van der Waals surface area contributed by atoms with Gasteiger partial charge in [-0.05, 0) is 44.4 Å². The Morgan fingerprint density at radius 3 is 2.32 bits per heavy atom. The number of hydrogen-bond acceptors (Lipinski definition) is 3. The lowest BCUT2D eigenvalue weighted by atomic mass is 9.90. The first-order valence-electron chi connectivity index (χ1n) is 7.66. The van der Waals surface area contributed by atoms with Crippen LogP contribution in [-0.4, -0.2) is 36.9 Å². The Labute approximate surface area is 131 Å². The van der Waals surface area contributed by atoms with E-state index in [0.29, 0.717) is 6.54 Å². The number of nitrogens with one attached hydrogen (secondary N) is 1. The second kappa shape index (κ2) is 6.81. The van der Waals surface area contributed by atoms with Crippen LogP contribution in [0.5, 0.6) is 5.75 Å². The van der Waals surface area contributed by atoms with Gasteiger partial charge in [0.25, 0.3) is 0 Å². The Bertz CT molecular complexity index is 531. The van der Waals surface area contributed by atoms with Gasteiger partial charge in [-0.2, -0.15) is 0 Å². The van der Waals surface area contributed by atoms with Gasteiger partial charge in [0.05, 0.1) is 7.11 Å². The fourth-order valence-electron chi connectivity index (χ4n) is 2.56. The van der Waals surface area contributed by atoms with Crippen molar-refractivity contribution in [1.82, 2.24) is 10.2 Å². The number of carbonyl (C=O) groups excluding carboxylic acids is 2. The van der Waals surface area contributed by atoms with Gasteiger partial charge < -0.3 is 15.0 Å². The molecule has 1 saturated heterocycles. The molecular formula is C17H24N2O3. The smallest absolute Gasteiger partial charge is 0.237 e. The van der Waals surface area contributed by atoms with E-state index >= 15 is 0 Å². The lowest BCUT2D eigenvalue weighted by Crippen LogP contribution is -2.48. The summed E-state index contributed by atoms with van der Waals surface area (Å²) in [6.07, 6.45) is 2.05. The third kappa shape index (κ3) is 3.59. The second-order valence-electron chi connectivity index (χ2n) is 6.16. The fraction of sp³-hybridized carbons (Fsp3) is 0.529. The molecule has 0 unspecified atom stereocenters. The molecule has 0 atom stereocenters. The minimum absolute atomic E-state index is 0.0859. The first kappa shape index (κ1) is 16.3. The summed E-state index contributed by atoms with van der Waals surface area (Å²) in [5.41, 5.74) is -0.0600. The molecule has 0 radical (unpaired) electrons. The molecule has 5 nitrogen and oxygen atoms in total. The molecule has 1 aliphatic heterocycles. The van der Waals surface area contributed by atoms with Crippen molar-refractivity contribution >= 4 is 11.8 Å². The number of amides is 2. The maximum Gasteiger partial charge on any atom is 0.237 e. The number of hydrogen-bond donors (Lipinski definition) is 1. The summed E-state index contributed by atoms with van der Waals surface area (Å²) >= 11 is 0. The Hall–Kier alpha value is -2.04. The molecule has 120 valence electrons. The Balaban J connectivity index is 1.93. The highest BCUT2D eigenvalue weighted by Crippen LogP contribution is 2.22. The van der Waals surface area contributed by atoms with Crippen LogP contribution < -0.4 is 10.1 Å². The summed E-state index contributed by atoms with van der Waals surface area (Å²) < 4.78 is 5.10. The molecule has 1 heterocycles. The number of benzene rings is 1. The van der Waals surface area contributed by atoms with E-state index in [4.69, 9.17) is 4.74 Å². The van der Waals surface area contributed by atoms with E-state index in [9.17, 15) is 9.59 Å². The van der Waals surface area contributed by atoms with E-state index in [1.54, 1.807) is 25.9 Å². The molecule has 0 aliphatic carbocycles. The molecule has 22 heavy (non-hydrogen) atoms. The lowest BCUT2D eigenvalue weighted by Gasteiger charge is -2.28. The van der Waals surface area contributed by atoms with Crippen LogP contribution in [0.1, 0.15) is 32.3 Å². The second-order valence-corrected chi connectivity index (χ2v) is 6.16. The number of likely N-dealkylation sites (tertiary alicyclic amines) is 1. The zero-order valence-electron chi connectivity index (χ0n) is 13.5. The largest absolute Gasteiger partial charge is 0.497 e. The van der Waals surface area contributed by atoms with Gasteiger partial charge in [-0.15, -0.1) is 0 Å². The third-order valence-electron chi connectivity index (χ3n) is 4.11. The predicted molar refractivity (Wildman–Crippen MR) is 84.4 cm³/mol. The molecule has 1 aromatic carbocycles. The lowest BCUT2D eigenvalue weighted by molar-refractivity contribution is -0.147. The molecule has 5 heteroatoms. The van der Waals surface area contributed by atoms with E-state index in [-0.39, 0.29) is 11.8 Å². The van der Waals surface area contributed by atoms with Crippen molar-refractivity contribution in [2.45, 2.75) is 33.2 Å². The van der Waals surface area contributed by atoms with Crippen LogP contribution in [0.4, 0.5) is 0 Å². The first-order chi connectivity index (χ1) is 10.4. The molecule has 1 aromatic rings. The first-order valence-corrected chi connectivity index (χ1v) is 7.66. The van der Waals surface area contributed by atoms with Gasteiger partial charge >= 0.3 is 0 Å². The van der Waals surface area contributed by atoms with Crippen molar-refractivity contribution in [3.63, 3.8) is 0 Å². The standard InChI is InChI=1S/C17H24N2O3/c1-17(2,16(21)19-10-4-5-11-19)15(20)18-12-13-6-8-14(22-3)9-7-13/h6-9H,4-5,10-12H2,1-3H3,(H,18,20). The van der Waals surface area contributed by atoms with Crippen molar-refractivity contribution in [2.75, 3.05) is 20.2 Å². The third-order valence-corrected chi connectivity index (χ3v) is 4.11. The Morgan fingerprint density at radius 2 is 1.77 bits per heavy atom. The van der Waals surface area contributed by atoms with Gasteiger partial charge in [0, 0.05) is 19.6 Å². The van der Waals surface area contributed by atoms with Crippen LogP contribution in [0.3, 0.4) is 0 Å². The Kier molecular flexibility index (Phi) is 5.06. The van der Waals surface area contributed by atoms with Crippen LogP contribution >= 0.6 is 0 Å². The molecule has 0 spiro atoms. The summed E-state index contributed by atoms with van der Waals surface area (Å²) in [4.78, 5) is 26.6. The van der Waals surface area contributed by atoms with Gasteiger partial charge in [0.2, 0.25) is 11.8 Å². The summed E-state index contributed by atoms with van der Waals surface area (Å²) in [5.74, 6) is 0.456. The van der Waals surface area contributed by atoms with Gasteiger partial charge in [0.1, 0.15) is 11.2 Å². The van der Waals surface area contributed by atoms with Crippen molar-refractivity contribution in [1.29, 1.82) is 0 Å². The topological polar surface area (TPSA) is 58.6 Å². The van der Waals surface area contributed by atoms with Crippen LogP contribution in [0.25, 0.3) is 0 Å². The fourth-order valence-corrected chi connectivity index (χ4v) is 2.56. The molecule has 0 saturated carbocycles. The monoisotopic (exact) mass is 304 g/mol. The Morgan fingerprint density at radius 1 is 1.18 bits per heavy atom. The van der Waals surface area contributed by atoms with Gasteiger partial charge in [0.15, 0.2) is 0 Å². The molecule has 1 aliphatic rings. The molecule has 1 fully saturated rings. The summed E-state index contributed by atoms with van der Waals surface area (Å²) in [6, 6.07) is 7.49. The molecule has 2 rings (SSSR count). The number of methoxy groups -OCH3 is 1. The number of rotatable bonds is 5. The van der Waals surface area contributed by atoms with E-state index < -0.39 is 5.41 Å². The van der Waals surface area contributed by atoms with Crippen molar-refractivity contribution < 1.29 is 14.3 Å². The van der Waals surface area contributed by atoms with Gasteiger partial charge in [-0.3, -0.25) is 9.59 Å². The minimum Gasteiger partial charge on any atom is -0.497 e. The zero-order chi connectivity index (χ0) is 16.2. The zero-order valence-corrected chi connectivity index (χ0v) is 13.5. The normalized spacial score (nSPS) is 14.8. The number of carbonyl (C=O) groups is 2. The molecule has 0 aromatic heterocycles.